The number of halogens is 1. The Bertz CT molecular complexity index is 1570. The van der Waals surface area contributed by atoms with Crippen LogP contribution in [0, 0.1) is 6.92 Å². The lowest BCUT2D eigenvalue weighted by molar-refractivity contribution is 0.966. The highest BCUT2D eigenvalue weighted by Gasteiger charge is 2.18. The Balaban J connectivity index is 2.00. The minimum atomic E-state index is -0.251. The molecule has 0 amide bonds. The Kier molecular flexibility index (Phi) is 4.37. The van der Waals surface area contributed by atoms with Gasteiger partial charge in [0.05, 0.1) is 16.6 Å². The number of benzene rings is 3. The SMILES string of the molecule is Cc1ccccc1-n1c(-c2cc(=O)[nH]c3ccc(Br)cc23)nc2ccccc2c1=O. The summed E-state index contributed by atoms with van der Waals surface area (Å²) in [5.74, 6) is 0.433. The molecule has 0 aliphatic rings. The van der Waals surface area contributed by atoms with Gasteiger partial charge in [-0.05, 0) is 48.9 Å². The fraction of sp³-hybridized carbons (Fsp3) is 0.0417. The lowest BCUT2D eigenvalue weighted by Crippen LogP contribution is -2.23. The molecule has 0 aliphatic carbocycles. The lowest BCUT2D eigenvalue weighted by atomic mass is 10.1. The molecule has 0 saturated carbocycles. The molecule has 5 rings (SSSR count). The van der Waals surface area contributed by atoms with E-state index >= 15 is 0 Å². The summed E-state index contributed by atoms with van der Waals surface area (Å²) in [5.41, 5.74) is 3.12. The summed E-state index contributed by atoms with van der Waals surface area (Å²) < 4.78 is 2.47. The average Bonchev–Trinajstić information content (AvgIpc) is 2.74. The quantitative estimate of drug-likeness (QED) is 0.407. The summed E-state index contributed by atoms with van der Waals surface area (Å²) in [4.78, 5) is 33.7. The van der Waals surface area contributed by atoms with Crippen molar-refractivity contribution in [2.24, 2.45) is 0 Å². The topological polar surface area (TPSA) is 67.8 Å². The van der Waals surface area contributed by atoms with E-state index in [0.29, 0.717) is 27.8 Å². The number of hydrogen-bond donors (Lipinski definition) is 1. The molecule has 0 spiro atoms. The smallest absolute Gasteiger partial charge is 0.266 e. The molecule has 0 unspecified atom stereocenters. The van der Waals surface area contributed by atoms with Crippen molar-refractivity contribution in [3.8, 4) is 17.1 Å². The van der Waals surface area contributed by atoms with Gasteiger partial charge in [-0.3, -0.25) is 14.2 Å². The van der Waals surface area contributed by atoms with Crippen LogP contribution in [-0.4, -0.2) is 14.5 Å². The zero-order valence-electron chi connectivity index (χ0n) is 16.0. The molecular weight excluding hydrogens is 442 g/mol. The van der Waals surface area contributed by atoms with Crippen LogP contribution in [0.5, 0.6) is 0 Å². The molecule has 5 nitrogen and oxygen atoms in total. The van der Waals surface area contributed by atoms with E-state index in [0.717, 1.165) is 21.1 Å². The van der Waals surface area contributed by atoms with Gasteiger partial charge in [-0.25, -0.2) is 4.98 Å². The highest BCUT2D eigenvalue weighted by atomic mass is 79.9. The van der Waals surface area contributed by atoms with E-state index in [-0.39, 0.29) is 11.1 Å². The van der Waals surface area contributed by atoms with E-state index in [2.05, 4.69) is 20.9 Å². The van der Waals surface area contributed by atoms with Crippen molar-refractivity contribution in [1.82, 2.24) is 14.5 Å². The van der Waals surface area contributed by atoms with E-state index in [1.165, 1.54) is 6.07 Å². The van der Waals surface area contributed by atoms with Gasteiger partial charge in [-0.15, -0.1) is 0 Å². The molecule has 5 aromatic rings. The van der Waals surface area contributed by atoms with E-state index < -0.39 is 0 Å². The molecule has 0 radical (unpaired) electrons. The third kappa shape index (κ3) is 2.97. The molecular formula is C24H16BrN3O2. The number of aromatic amines is 1. The number of H-pyrrole nitrogens is 1. The predicted octanol–water partition coefficient (Wildman–Crippen LogP) is 4.97. The van der Waals surface area contributed by atoms with E-state index in [9.17, 15) is 9.59 Å². The zero-order chi connectivity index (χ0) is 20.8. The molecule has 6 heteroatoms. The number of nitrogens with one attached hydrogen (secondary N) is 1. The number of pyridine rings is 1. The van der Waals surface area contributed by atoms with Crippen LogP contribution in [0.3, 0.4) is 0 Å². The minimum absolute atomic E-state index is 0.173. The predicted molar refractivity (Wildman–Crippen MR) is 123 cm³/mol. The van der Waals surface area contributed by atoms with Crippen molar-refractivity contribution in [2.75, 3.05) is 0 Å². The largest absolute Gasteiger partial charge is 0.322 e. The maximum atomic E-state index is 13.6. The van der Waals surface area contributed by atoms with Crippen molar-refractivity contribution < 1.29 is 0 Å². The maximum absolute atomic E-state index is 13.6. The summed E-state index contributed by atoms with van der Waals surface area (Å²) in [7, 11) is 0. The van der Waals surface area contributed by atoms with Gasteiger partial charge in [-0.2, -0.15) is 0 Å². The van der Waals surface area contributed by atoms with Crippen LogP contribution in [0.15, 0.2) is 86.9 Å². The molecule has 0 bridgehead atoms. The van der Waals surface area contributed by atoms with Gasteiger partial charge in [0.1, 0.15) is 5.82 Å². The first-order valence-corrected chi connectivity index (χ1v) is 10.2. The molecule has 0 aliphatic heterocycles. The first-order valence-electron chi connectivity index (χ1n) is 9.44. The fourth-order valence-electron chi connectivity index (χ4n) is 3.76. The van der Waals surface area contributed by atoms with Crippen molar-refractivity contribution in [3.63, 3.8) is 0 Å². The third-order valence-electron chi connectivity index (χ3n) is 5.18. The second-order valence-electron chi connectivity index (χ2n) is 7.12. The minimum Gasteiger partial charge on any atom is -0.322 e. The zero-order valence-corrected chi connectivity index (χ0v) is 17.6. The highest BCUT2D eigenvalue weighted by molar-refractivity contribution is 9.10. The third-order valence-corrected chi connectivity index (χ3v) is 5.67. The fourth-order valence-corrected chi connectivity index (χ4v) is 4.12. The van der Waals surface area contributed by atoms with Crippen molar-refractivity contribution in [1.29, 1.82) is 0 Å². The number of rotatable bonds is 2. The Hall–Kier alpha value is -3.51. The molecule has 146 valence electrons. The number of nitrogens with zero attached hydrogens (tertiary/aromatic N) is 2. The number of fused-ring (bicyclic) bond motifs is 2. The van der Waals surface area contributed by atoms with Crippen LogP contribution in [0.4, 0.5) is 0 Å². The van der Waals surface area contributed by atoms with E-state index in [1.807, 2.05) is 67.6 Å². The van der Waals surface area contributed by atoms with Gasteiger partial charge in [0.2, 0.25) is 5.56 Å². The Morgan fingerprint density at radius 3 is 2.50 bits per heavy atom. The number of hydrogen-bond acceptors (Lipinski definition) is 3. The number of aryl methyl sites for hydroxylation is 1. The summed E-state index contributed by atoms with van der Waals surface area (Å²) >= 11 is 3.51. The van der Waals surface area contributed by atoms with Crippen LogP contribution in [0.25, 0.3) is 38.9 Å². The molecule has 0 atom stereocenters. The molecule has 0 fully saturated rings. The highest BCUT2D eigenvalue weighted by Crippen LogP contribution is 2.30. The second-order valence-corrected chi connectivity index (χ2v) is 8.03. The molecule has 2 heterocycles. The van der Waals surface area contributed by atoms with Crippen LogP contribution in [-0.2, 0) is 0 Å². The van der Waals surface area contributed by atoms with E-state index in [4.69, 9.17) is 4.98 Å². The van der Waals surface area contributed by atoms with Crippen LogP contribution < -0.4 is 11.1 Å². The number of aromatic nitrogens is 3. The van der Waals surface area contributed by atoms with Gasteiger partial charge in [-0.1, -0.05) is 46.3 Å². The summed E-state index contributed by atoms with van der Waals surface area (Å²) in [6.45, 7) is 1.95. The van der Waals surface area contributed by atoms with Crippen LogP contribution in [0.1, 0.15) is 5.56 Å². The first kappa shape index (κ1) is 18.5. The van der Waals surface area contributed by atoms with Gasteiger partial charge in [0.25, 0.3) is 5.56 Å². The van der Waals surface area contributed by atoms with Gasteiger partial charge in [0.15, 0.2) is 0 Å². The van der Waals surface area contributed by atoms with Crippen molar-refractivity contribution in [3.05, 3.63) is 104 Å². The van der Waals surface area contributed by atoms with Crippen LogP contribution in [0.2, 0.25) is 0 Å². The first-order chi connectivity index (χ1) is 14.5. The maximum Gasteiger partial charge on any atom is 0.266 e. The Labute approximate surface area is 179 Å². The Morgan fingerprint density at radius 2 is 1.67 bits per heavy atom. The Morgan fingerprint density at radius 1 is 0.900 bits per heavy atom. The monoisotopic (exact) mass is 457 g/mol. The van der Waals surface area contributed by atoms with Gasteiger partial charge in [0, 0.05) is 27.0 Å². The molecule has 2 aromatic heterocycles. The van der Waals surface area contributed by atoms with Crippen LogP contribution >= 0.6 is 15.9 Å². The molecule has 1 N–H and O–H groups in total. The second kappa shape index (κ2) is 7.07. The van der Waals surface area contributed by atoms with Gasteiger partial charge < -0.3 is 4.98 Å². The molecule has 3 aromatic carbocycles. The van der Waals surface area contributed by atoms with Crippen molar-refractivity contribution >= 4 is 37.7 Å². The number of para-hydroxylation sites is 2. The summed E-state index contributed by atoms with van der Waals surface area (Å²) in [6.07, 6.45) is 0. The summed E-state index contributed by atoms with van der Waals surface area (Å²) in [5, 5.41) is 1.33. The summed E-state index contributed by atoms with van der Waals surface area (Å²) in [6, 6.07) is 22.0. The lowest BCUT2D eigenvalue weighted by Gasteiger charge is -2.17. The standard InChI is InChI=1S/C24H16BrN3O2/c1-14-6-2-5-9-21(14)28-23(27-19-8-4-3-7-16(19)24(28)30)18-13-22(29)26-20-11-10-15(25)12-17(18)20/h2-13H,1H3,(H,26,29). The average molecular weight is 458 g/mol. The van der Waals surface area contributed by atoms with E-state index in [1.54, 1.807) is 10.6 Å². The van der Waals surface area contributed by atoms with Gasteiger partial charge >= 0.3 is 0 Å². The van der Waals surface area contributed by atoms with Crippen molar-refractivity contribution in [2.45, 2.75) is 6.92 Å². The molecule has 30 heavy (non-hydrogen) atoms. The molecule has 0 saturated heterocycles. The normalized spacial score (nSPS) is 11.3.